The molecule has 1 aliphatic rings. The van der Waals surface area contributed by atoms with Crippen LogP contribution >= 0.6 is 0 Å². The smallest absolute Gasteiger partial charge is 0.142 e. The Hall–Kier alpha value is -0.735. The first-order valence-electron chi connectivity index (χ1n) is 1.23. The second-order valence-corrected chi connectivity index (χ2v) is 0.603. The maximum absolute atomic E-state index is 3.38. The maximum atomic E-state index is 3.38. The molecule has 0 aromatic heterocycles. The third-order valence-corrected chi connectivity index (χ3v) is 0.293. The molecule has 5 heteroatoms. The molecular formula is CH2BN4. The topological polar surface area (TPSA) is 49.4 Å². The van der Waals surface area contributed by atoms with Crippen LogP contribution in [0.3, 0.4) is 0 Å². The third kappa shape index (κ3) is 0.921. The van der Waals surface area contributed by atoms with Gasteiger partial charge in [0.15, 0.2) is 6.67 Å². The second-order valence-electron chi connectivity index (χ2n) is 0.603. The van der Waals surface area contributed by atoms with Crippen LogP contribution in [-0.2, 0) is 0 Å². The minimum absolute atomic E-state index is 0. The molecule has 0 aliphatic carbocycles. The van der Waals surface area contributed by atoms with Crippen LogP contribution in [0.15, 0.2) is 20.7 Å². The molecule has 29 valence electrons. The van der Waals surface area contributed by atoms with Crippen molar-refractivity contribution < 1.29 is 0 Å². The number of nitrogens with zero attached hydrogens (tertiary/aromatic N) is 4. The fraction of sp³-hybridized carbons (Fsp3) is 1.00. The lowest BCUT2D eigenvalue weighted by Crippen LogP contribution is -1.52. The van der Waals surface area contributed by atoms with Gasteiger partial charge >= 0.3 is 0 Å². The number of hydrogen-bond donors (Lipinski definition) is 0. The van der Waals surface area contributed by atoms with Gasteiger partial charge in [-0.05, 0) is 10.4 Å². The van der Waals surface area contributed by atoms with E-state index in [2.05, 4.69) is 20.7 Å². The van der Waals surface area contributed by atoms with Crippen molar-refractivity contribution in [1.82, 2.24) is 0 Å². The zero-order chi connectivity index (χ0) is 3.54. The summed E-state index contributed by atoms with van der Waals surface area (Å²) in [6.07, 6.45) is 0. The van der Waals surface area contributed by atoms with E-state index in [0.717, 1.165) is 0 Å². The highest BCUT2D eigenvalue weighted by molar-refractivity contribution is 5.75. The van der Waals surface area contributed by atoms with Crippen molar-refractivity contribution in [1.29, 1.82) is 0 Å². The van der Waals surface area contributed by atoms with Crippen LogP contribution in [0, 0.1) is 0 Å². The van der Waals surface area contributed by atoms with Crippen LogP contribution in [0.2, 0.25) is 0 Å². The van der Waals surface area contributed by atoms with E-state index in [1.807, 2.05) is 0 Å². The summed E-state index contributed by atoms with van der Waals surface area (Å²) in [7, 11) is 0. The van der Waals surface area contributed by atoms with Crippen molar-refractivity contribution in [2.75, 3.05) is 6.67 Å². The standard InChI is InChI=1S/CH2N4.B/c1-2-4-5-3-1;/h1H2;. The molecule has 0 aromatic carbocycles. The van der Waals surface area contributed by atoms with Crippen LogP contribution in [0.1, 0.15) is 0 Å². The van der Waals surface area contributed by atoms with Gasteiger partial charge in [0.2, 0.25) is 0 Å². The average Bonchev–Trinajstić information content (AvgIpc) is 1.76. The van der Waals surface area contributed by atoms with Gasteiger partial charge in [0.05, 0.1) is 0 Å². The van der Waals surface area contributed by atoms with Gasteiger partial charge in [0, 0.05) is 8.41 Å². The molecule has 0 aromatic rings. The van der Waals surface area contributed by atoms with Crippen molar-refractivity contribution in [3.05, 3.63) is 0 Å². The Labute approximate surface area is 36.9 Å². The fourth-order valence-electron chi connectivity index (χ4n) is 0.141. The summed E-state index contributed by atoms with van der Waals surface area (Å²) in [4.78, 5) is 0. The van der Waals surface area contributed by atoms with Crippen molar-refractivity contribution in [2.24, 2.45) is 20.7 Å². The SMILES string of the molecule is C1N=NN=N1.[B]. The molecule has 0 spiro atoms. The Morgan fingerprint density at radius 1 is 1.00 bits per heavy atom. The zero-order valence-electron chi connectivity index (χ0n) is 3.07. The van der Waals surface area contributed by atoms with Crippen LogP contribution in [0.4, 0.5) is 0 Å². The Morgan fingerprint density at radius 3 is 1.67 bits per heavy atom. The van der Waals surface area contributed by atoms with E-state index in [0.29, 0.717) is 6.67 Å². The molecule has 0 amide bonds. The second kappa shape index (κ2) is 2.50. The Bertz CT molecular complexity index is 65.6. The van der Waals surface area contributed by atoms with Crippen LogP contribution < -0.4 is 0 Å². The predicted molar refractivity (Wildman–Crippen MR) is 20.3 cm³/mol. The molecule has 1 heterocycles. The van der Waals surface area contributed by atoms with E-state index in [1.54, 1.807) is 0 Å². The molecule has 0 bridgehead atoms. The van der Waals surface area contributed by atoms with Gasteiger partial charge in [-0.25, -0.2) is 0 Å². The van der Waals surface area contributed by atoms with Crippen molar-refractivity contribution in [2.45, 2.75) is 0 Å². The maximum Gasteiger partial charge on any atom is 0.175 e. The van der Waals surface area contributed by atoms with Gasteiger partial charge in [-0.1, -0.05) is 0 Å². The molecule has 1 rings (SSSR count). The van der Waals surface area contributed by atoms with Crippen LogP contribution in [0.25, 0.3) is 0 Å². The van der Waals surface area contributed by atoms with Gasteiger partial charge < -0.3 is 0 Å². The molecule has 0 saturated heterocycles. The van der Waals surface area contributed by atoms with Gasteiger partial charge in [0.25, 0.3) is 0 Å². The largest absolute Gasteiger partial charge is 0.175 e. The monoisotopic (exact) mass is 81.0 g/mol. The summed E-state index contributed by atoms with van der Waals surface area (Å²) in [5, 5.41) is 13.1. The van der Waals surface area contributed by atoms with Crippen molar-refractivity contribution in [3.8, 4) is 0 Å². The van der Waals surface area contributed by atoms with E-state index < -0.39 is 0 Å². The van der Waals surface area contributed by atoms with E-state index >= 15 is 0 Å². The molecule has 4 nitrogen and oxygen atoms in total. The van der Waals surface area contributed by atoms with Gasteiger partial charge in [0.1, 0.15) is 0 Å². The Kier molecular flexibility index (Phi) is 2.19. The lowest BCUT2D eigenvalue weighted by Gasteiger charge is -1.52. The first-order chi connectivity index (χ1) is 2.50. The van der Waals surface area contributed by atoms with E-state index in [9.17, 15) is 0 Å². The molecular weight excluding hydrogens is 78.9 g/mol. The molecule has 1 aliphatic heterocycles. The molecule has 0 saturated carbocycles. The minimum atomic E-state index is 0. The molecule has 3 radical (unpaired) electrons. The van der Waals surface area contributed by atoms with Crippen molar-refractivity contribution >= 4 is 8.41 Å². The first kappa shape index (κ1) is 5.26. The average molecular weight is 80.9 g/mol. The van der Waals surface area contributed by atoms with Crippen LogP contribution in [0.5, 0.6) is 0 Å². The van der Waals surface area contributed by atoms with Crippen LogP contribution in [-0.4, -0.2) is 15.1 Å². The molecule has 0 atom stereocenters. The predicted octanol–water partition coefficient (Wildman–Crippen LogP) is 0.396. The Balaban J connectivity index is 0.000000250. The summed E-state index contributed by atoms with van der Waals surface area (Å²) < 4.78 is 0. The highest BCUT2D eigenvalue weighted by Crippen LogP contribution is 1.87. The van der Waals surface area contributed by atoms with Crippen molar-refractivity contribution in [3.63, 3.8) is 0 Å². The zero-order valence-corrected chi connectivity index (χ0v) is 3.07. The summed E-state index contributed by atoms with van der Waals surface area (Å²) in [5.74, 6) is 0. The summed E-state index contributed by atoms with van der Waals surface area (Å²) in [6.45, 7) is 0.417. The minimum Gasteiger partial charge on any atom is -0.142 e. The normalized spacial score (nSPS) is 14.7. The molecule has 0 unspecified atom stereocenters. The van der Waals surface area contributed by atoms with Gasteiger partial charge in [-0.2, -0.15) is 0 Å². The van der Waals surface area contributed by atoms with Gasteiger partial charge in [-0.15, -0.1) is 10.2 Å². The summed E-state index contributed by atoms with van der Waals surface area (Å²) in [6, 6.07) is 0. The molecule has 6 heavy (non-hydrogen) atoms. The number of hydrogen-bond acceptors (Lipinski definition) is 4. The van der Waals surface area contributed by atoms with E-state index in [4.69, 9.17) is 0 Å². The van der Waals surface area contributed by atoms with E-state index in [-0.39, 0.29) is 8.41 Å². The molecule has 0 fully saturated rings. The molecule has 0 N–H and O–H groups in total. The lowest BCUT2D eigenvalue weighted by molar-refractivity contribution is 1.05. The highest BCUT2D eigenvalue weighted by atomic mass is 15.5. The quantitative estimate of drug-likeness (QED) is 0.379. The lowest BCUT2D eigenvalue weighted by atomic mass is 10.8. The summed E-state index contributed by atoms with van der Waals surface area (Å²) in [5.41, 5.74) is 0. The highest BCUT2D eigenvalue weighted by Gasteiger charge is 1.76. The summed E-state index contributed by atoms with van der Waals surface area (Å²) >= 11 is 0. The van der Waals surface area contributed by atoms with E-state index in [1.165, 1.54) is 0 Å². The third-order valence-electron chi connectivity index (χ3n) is 0.293. The Morgan fingerprint density at radius 2 is 1.50 bits per heavy atom. The number of rotatable bonds is 0. The first-order valence-corrected chi connectivity index (χ1v) is 1.23. The van der Waals surface area contributed by atoms with Gasteiger partial charge in [-0.3, -0.25) is 0 Å². The fourth-order valence-corrected chi connectivity index (χ4v) is 0.141.